The van der Waals surface area contributed by atoms with E-state index in [0.717, 1.165) is 29.5 Å². The highest BCUT2D eigenvalue weighted by Crippen LogP contribution is 2.28. The third-order valence-corrected chi connectivity index (χ3v) is 4.15. The van der Waals surface area contributed by atoms with Gasteiger partial charge >= 0.3 is 0 Å². The normalized spacial score (nSPS) is 17.5. The van der Waals surface area contributed by atoms with Gasteiger partial charge in [0.1, 0.15) is 0 Å². The third-order valence-electron chi connectivity index (χ3n) is 4.15. The van der Waals surface area contributed by atoms with Gasteiger partial charge in [-0.2, -0.15) is 0 Å². The lowest BCUT2D eigenvalue weighted by Gasteiger charge is -2.17. The molecule has 1 saturated carbocycles. The molecule has 0 heterocycles. The predicted molar refractivity (Wildman–Crippen MR) is 76.2 cm³/mol. The molecule has 1 aliphatic carbocycles. The van der Waals surface area contributed by atoms with Crippen molar-refractivity contribution >= 4 is 5.78 Å². The summed E-state index contributed by atoms with van der Waals surface area (Å²) in [5.41, 5.74) is 4.55. The van der Waals surface area contributed by atoms with Crippen LogP contribution in [0, 0.1) is 26.7 Å². The lowest BCUT2D eigenvalue weighted by molar-refractivity contribution is 0.0906. The lowest BCUT2D eigenvalue weighted by atomic mass is 9.86. The van der Waals surface area contributed by atoms with Gasteiger partial charge < -0.3 is 0 Å². The van der Waals surface area contributed by atoms with Crippen LogP contribution in [0.5, 0.6) is 0 Å². The number of Topliss-reactive ketones (excluding diaryl/α,β-unsaturated/α-hetero) is 1. The molecule has 0 amide bonds. The van der Waals surface area contributed by atoms with Crippen LogP contribution < -0.4 is 0 Å². The van der Waals surface area contributed by atoms with E-state index in [1.165, 1.54) is 31.2 Å². The SMILES string of the molecule is Cc1cc(C)c(C(=O)C2CCCCCC2)c(C)c1. The number of aryl methyl sites for hydroxylation is 3. The summed E-state index contributed by atoms with van der Waals surface area (Å²) in [7, 11) is 0. The minimum Gasteiger partial charge on any atom is -0.294 e. The quantitative estimate of drug-likeness (QED) is 0.541. The zero-order valence-corrected chi connectivity index (χ0v) is 11.9. The van der Waals surface area contributed by atoms with Gasteiger partial charge in [0.2, 0.25) is 0 Å². The molecule has 1 aromatic carbocycles. The molecule has 0 N–H and O–H groups in total. The number of hydrogen-bond donors (Lipinski definition) is 0. The Hall–Kier alpha value is -1.11. The van der Waals surface area contributed by atoms with Crippen molar-refractivity contribution in [3.8, 4) is 0 Å². The molecule has 1 nitrogen and oxygen atoms in total. The Kier molecular flexibility index (Phi) is 4.21. The van der Waals surface area contributed by atoms with E-state index in [1.54, 1.807) is 0 Å². The molecular formula is C17H24O. The van der Waals surface area contributed by atoms with Crippen LogP contribution in [0.4, 0.5) is 0 Å². The van der Waals surface area contributed by atoms with Crippen molar-refractivity contribution in [2.75, 3.05) is 0 Å². The van der Waals surface area contributed by atoms with Crippen molar-refractivity contribution in [2.45, 2.75) is 59.3 Å². The predicted octanol–water partition coefficient (Wildman–Crippen LogP) is 4.76. The second kappa shape index (κ2) is 5.69. The number of ketones is 1. The van der Waals surface area contributed by atoms with Crippen molar-refractivity contribution in [1.82, 2.24) is 0 Å². The van der Waals surface area contributed by atoms with Gasteiger partial charge in [-0.15, -0.1) is 0 Å². The van der Waals surface area contributed by atoms with Crippen LogP contribution >= 0.6 is 0 Å². The molecule has 0 bridgehead atoms. The minimum absolute atomic E-state index is 0.271. The lowest BCUT2D eigenvalue weighted by Crippen LogP contribution is -2.16. The van der Waals surface area contributed by atoms with Gasteiger partial charge in [0, 0.05) is 11.5 Å². The maximum Gasteiger partial charge on any atom is 0.166 e. The van der Waals surface area contributed by atoms with Crippen LogP contribution in [-0.4, -0.2) is 5.78 Å². The van der Waals surface area contributed by atoms with Gasteiger partial charge in [0.05, 0.1) is 0 Å². The molecule has 0 radical (unpaired) electrons. The summed E-state index contributed by atoms with van der Waals surface area (Å²) in [6, 6.07) is 4.27. The smallest absolute Gasteiger partial charge is 0.166 e. The summed E-state index contributed by atoms with van der Waals surface area (Å²) >= 11 is 0. The van der Waals surface area contributed by atoms with Crippen LogP contribution in [0.25, 0.3) is 0 Å². The Morgan fingerprint density at radius 3 is 1.94 bits per heavy atom. The van der Waals surface area contributed by atoms with E-state index in [-0.39, 0.29) is 5.92 Å². The van der Waals surface area contributed by atoms with E-state index < -0.39 is 0 Å². The van der Waals surface area contributed by atoms with Gasteiger partial charge in [0.25, 0.3) is 0 Å². The third kappa shape index (κ3) is 2.82. The molecule has 0 saturated heterocycles. The molecule has 18 heavy (non-hydrogen) atoms. The van der Waals surface area contributed by atoms with Crippen molar-refractivity contribution in [1.29, 1.82) is 0 Å². The number of carbonyl (C=O) groups excluding carboxylic acids is 1. The second-order valence-electron chi connectivity index (χ2n) is 5.83. The molecule has 0 atom stereocenters. The van der Waals surface area contributed by atoms with Crippen LogP contribution in [0.3, 0.4) is 0 Å². The van der Waals surface area contributed by atoms with Crippen molar-refractivity contribution in [3.63, 3.8) is 0 Å². The number of carbonyl (C=O) groups is 1. The molecule has 0 aliphatic heterocycles. The molecule has 0 unspecified atom stereocenters. The molecule has 0 spiro atoms. The van der Waals surface area contributed by atoms with Crippen LogP contribution in [-0.2, 0) is 0 Å². The Morgan fingerprint density at radius 2 is 1.44 bits per heavy atom. The fourth-order valence-electron chi connectivity index (χ4n) is 3.31. The second-order valence-corrected chi connectivity index (χ2v) is 5.83. The highest BCUT2D eigenvalue weighted by Gasteiger charge is 2.23. The van der Waals surface area contributed by atoms with E-state index in [0.29, 0.717) is 5.78 Å². The summed E-state index contributed by atoms with van der Waals surface area (Å²) in [6.45, 7) is 6.24. The largest absolute Gasteiger partial charge is 0.294 e. The Morgan fingerprint density at radius 1 is 0.944 bits per heavy atom. The van der Waals surface area contributed by atoms with E-state index in [9.17, 15) is 4.79 Å². The van der Waals surface area contributed by atoms with Gasteiger partial charge in [-0.05, 0) is 44.7 Å². The van der Waals surface area contributed by atoms with Gasteiger partial charge in [0.15, 0.2) is 5.78 Å². The molecule has 1 aromatic rings. The average Bonchev–Trinajstić information content (AvgIpc) is 2.55. The summed E-state index contributed by atoms with van der Waals surface area (Å²) in [5.74, 6) is 0.666. The first-order valence-corrected chi connectivity index (χ1v) is 7.21. The van der Waals surface area contributed by atoms with E-state index in [4.69, 9.17) is 0 Å². The minimum atomic E-state index is 0.271. The van der Waals surface area contributed by atoms with E-state index in [1.807, 2.05) is 0 Å². The summed E-state index contributed by atoms with van der Waals surface area (Å²) in [6.07, 6.45) is 7.23. The molecule has 1 fully saturated rings. The molecule has 2 rings (SSSR count). The molecule has 1 heteroatoms. The molecule has 0 aromatic heterocycles. The van der Waals surface area contributed by atoms with E-state index >= 15 is 0 Å². The average molecular weight is 244 g/mol. The zero-order chi connectivity index (χ0) is 13.1. The van der Waals surface area contributed by atoms with Crippen molar-refractivity contribution in [3.05, 3.63) is 34.4 Å². The maximum atomic E-state index is 12.7. The van der Waals surface area contributed by atoms with Gasteiger partial charge in [-0.25, -0.2) is 0 Å². The first-order chi connectivity index (χ1) is 8.59. The topological polar surface area (TPSA) is 17.1 Å². The van der Waals surface area contributed by atoms with Crippen LogP contribution in [0.15, 0.2) is 12.1 Å². The summed E-state index contributed by atoms with van der Waals surface area (Å²) < 4.78 is 0. The highest BCUT2D eigenvalue weighted by molar-refractivity contribution is 6.00. The number of rotatable bonds is 2. The van der Waals surface area contributed by atoms with Gasteiger partial charge in [-0.1, -0.05) is 43.4 Å². The van der Waals surface area contributed by atoms with Gasteiger partial charge in [-0.3, -0.25) is 4.79 Å². The summed E-state index contributed by atoms with van der Waals surface area (Å²) in [5, 5.41) is 0. The maximum absolute atomic E-state index is 12.7. The standard InChI is InChI=1S/C17H24O/c1-12-10-13(2)16(14(3)11-12)17(18)15-8-6-4-5-7-9-15/h10-11,15H,4-9H2,1-3H3. The highest BCUT2D eigenvalue weighted by atomic mass is 16.1. The van der Waals surface area contributed by atoms with Crippen LogP contribution in [0.2, 0.25) is 0 Å². The molecule has 1 aliphatic rings. The molecule has 98 valence electrons. The van der Waals surface area contributed by atoms with E-state index in [2.05, 4.69) is 32.9 Å². The Labute approximate surface area is 111 Å². The fourth-order valence-corrected chi connectivity index (χ4v) is 3.31. The molecular weight excluding hydrogens is 220 g/mol. The van der Waals surface area contributed by atoms with Crippen molar-refractivity contribution in [2.24, 2.45) is 5.92 Å². The summed E-state index contributed by atoms with van der Waals surface area (Å²) in [4.78, 5) is 12.7. The number of benzene rings is 1. The fraction of sp³-hybridized carbons (Fsp3) is 0.588. The monoisotopic (exact) mass is 244 g/mol. The number of hydrogen-bond acceptors (Lipinski definition) is 1. The Bertz CT molecular complexity index is 414. The van der Waals surface area contributed by atoms with Crippen LogP contribution in [0.1, 0.15) is 65.6 Å². The Balaban J connectivity index is 2.27. The van der Waals surface area contributed by atoms with Crippen molar-refractivity contribution < 1.29 is 4.79 Å². The zero-order valence-electron chi connectivity index (χ0n) is 11.9. The first kappa shape index (κ1) is 13.3. The first-order valence-electron chi connectivity index (χ1n) is 7.21.